The van der Waals surface area contributed by atoms with Crippen LogP contribution >= 0.6 is 0 Å². The van der Waals surface area contributed by atoms with Crippen molar-refractivity contribution in [2.45, 2.75) is 33.2 Å². The van der Waals surface area contributed by atoms with Crippen LogP contribution in [-0.2, 0) is 10.0 Å². The molecular formula is C33H35N5O5S. The summed E-state index contributed by atoms with van der Waals surface area (Å²) in [5.41, 5.74) is 3.64. The number of amides is 2. The average Bonchev–Trinajstić information content (AvgIpc) is 3.64. The predicted molar refractivity (Wildman–Crippen MR) is 173 cm³/mol. The summed E-state index contributed by atoms with van der Waals surface area (Å²) in [4.78, 5) is 26.4. The molecule has 0 spiro atoms. The molecule has 2 heterocycles. The lowest BCUT2D eigenvalue weighted by Crippen LogP contribution is -2.40. The van der Waals surface area contributed by atoms with Gasteiger partial charge < -0.3 is 15.1 Å². The van der Waals surface area contributed by atoms with Crippen LogP contribution in [0.1, 0.15) is 48.4 Å². The molecule has 0 radical (unpaired) electrons. The van der Waals surface area contributed by atoms with E-state index in [1.54, 1.807) is 55.2 Å². The molecule has 2 aromatic heterocycles. The third kappa shape index (κ3) is 6.09. The van der Waals surface area contributed by atoms with Crippen LogP contribution < -0.4 is 14.9 Å². The van der Waals surface area contributed by atoms with Gasteiger partial charge in [0, 0.05) is 59.7 Å². The van der Waals surface area contributed by atoms with Gasteiger partial charge in [-0.15, -0.1) is 0 Å². The van der Waals surface area contributed by atoms with E-state index < -0.39 is 15.6 Å². The quantitative estimate of drug-likeness (QED) is 0.234. The monoisotopic (exact) mass is 613 g/mol. The molecule has 11 heteroatoms. The van der Waals surface area contributed by atoms with E-state index in [1.807, 2.05) is 63.4 Å². The second-order valence-electron chi connectivity index (χ2n) is 11.5. The Morgan fingerprint density at radius 2 is 1.70 bits per heavy atom. The first-order valence-corrected chi connectivity index (χ1v) is 16.0. The van der Waals surface area contributed by atoms with Crippen LogP contribution in [0.4, 0.5) is 5.69 Å². The summed E-state index contributed by atoms with van der Waals surface area (Å²) in [5.74, 6) is -0.273. The highest BCUT2D eigenvalue weighted by Gasteiger charge is 2.27. The minimum atomic E-state index is -3.70. The topological polar surface area (TPSA) is 127 Å². The summed E-state index contributed by atoms with van der Waals surface area (Å²) in [5, 5.41) is 10.4. The lowest BCUT2D eigenvalue weighted by molar-refractivity contribution is 0.0918. The summed E-state index contributed by atoms with van der Waals surface area (Å²) in [6.45, 7) is 7.59. The molecule has 0 fully saturated rings. The van der Waals surface area contributed by atoms with E-state index in [4.69, 9.17) is 4.42 Å². The molecule has 0 atom stereocenters. The first-order valence-electron chi connectivity index (χ1n) is 14.1. The summed E-state index contributed by atoms with van der Waals surface area (Å²) in [6, 6.07) is 19.6. The predicted octanol–water partition coefficient (Wildman–Crippen LogP) is 5.63. The summed E-state index contributed by atoms with van der Waals surface area (Å²) in [7, 11) is -2.15. The van der Waals surface area contributed by atoms with Gasteiger partial charge in [0.25, 0.3) is 11.8 Å². The number of furan rings is 1. The fourth-order valence-electron chi connectivity index (χ4n) is 5.13. The number of fused-ring (bicyclic) bond motifs is 1. The van der Waals surface area contributed by atoms with Crippen molar-refractivity contribution in [1.29, 1.82) is 0 Å². The fourth-order valence-corrected chi connectivity index (χ4v) is 6.11. The number of hydrogen-bond donors (Lipinski definition) is 2. The van der Waals surface area contributed by atoms with E-state index >= 15 is 0 Å². The number of nitrogens with one attached hydrogen (secondary N) is 2. The zero-order chi connectivity index (χ0) is 31.8. The Kier molecular flexibility index (Phi) is 8.09. The molecule has 3 aromatic carbocycles. The Morgan fingerprint density at radius 1 is 0.977 bits per heavy atom. The van der Waals surface area contributed by atoms with Crippen molar-refractivity contribution in [3.05, 3.63) is 90.3 Å². The van der Waals surface area contributed by atoms with Crippen molar-refractivity contribution < 1.29 is 22.4 Å². The van der Waals surface area contributed by atoms with Crippen molar-refractivity contribution in [3.8, 4) is 28.1 Å². The zero-order valence-electron chi connectivity index (χ0n) is 25.5. The molecule has 2 amide bonds. The SMILES string of the molecule is CCN(c1cc2oc(-c3ccc(-n4cccn4)cc3)c(C(=O)NC)c2cc1-c1cccc(C(=O)NC(C)(C)C)c1)S(C)(=O)=O. The van der Waals surface area contributed by atoms with Crippen LogP contribution in [0.2, 0.25) is 0 Å². The molecule has 5 rings (SSSR count). The van der Waals surface area contributed by atoms with Gasteiger partial charge in [-0.05, 0) is 81.8 Å². The summed E-state index contributed by atoms with van der Waals surface area (Å²) in [6.07, 6.45) is 4.66. The first-order chi connectivity index (χ1) is 20.8. The van der Waals surface area contributed by atoms with Crippen LogP contribution in [0.3, 0.4) is 0 Å². The zero-order valence-corrected chi connectivity index (χ0v) is 26.3. The van der Waals surface area contributed by atoms with Gasteiger partial charge in [-0.1, -0.05) is 12.1 Å². The Balaban J connectivity index is 1.74. The first kappa shape index (κ1) is 30.6. The maximum Gasteiger partial charge on any atom is 0.255 e. The number of aromatic nitrogens is 2. The minimum Gasteiger partial charge on any atom is -0.455 e. The molecule has 0 aliphatic heterocycles. The lowest BCUT2D eigenvalue weighted by Gasteiger charge is -2.24. The standard InChI is InChI=1S/C33H35N5O5S/c1-7-38(44(6,41)42)27-20-28-26(19-25(27)22-10-8-11-23(18-22)31(39)36-33(2,3)4)29(32(40)34-5)30(43-28)21-12-14-24(15-13-21)37-17-9-16-35-37/h8-20H,7H2,1-6H3,(H,34,40)(H,36,39). The van der Waals surface area contributed by atoms with Crippen LogP contribution in [0, 0.1) is 0 Å². The van der Waals surface area contributed by atoms with E-state index in [-0.39, 0.29) is 18.4 Å². The Hall–Kier alpha value is -4.90. The smallest absolute Gasteiger partial charge is 0.255 e. The van der Waals surface area contributed by atoms with Gasteiger partial charge in [-0.2, -0.15) is 5.10 Å². The highest BCUT2D eigenvalue weighted by molar-refractivity contribution is 7.92. The van der Waals surface area contributed by atoms with Crippen LogP contribution in [-0.4, -0.2) is 55.4 Å². The van der Waals surface area contributed by atoms with Gasteiger partial charge >= 0.3 is 0 Å². The van der Waals surface area contributed by atoms with Crippen molar-refractivity contribution in [3.63, 3.8) is 0 Å². The third-order valence-corrected chi connectivity index (χ3v) is 8.29. The van der Waals surface area contributed by atoms with Crippen LogP contribution in [0.25, 0.3) is 39.1 Å². The highest BCUT2D eigenvalue weighted by atomic mass is 32.2. The molecule has 0 saturated heterocycles. The highest BCUT2D eigenvalue weighted by Crippen LogP contribution is 2.42. The Labute approximate surface area is 256 Å². The van der Waals surface area contributed by atoms with E-state index in [0.29, 0.717) is 50.2 Å². The van der Waals surface area contributed by atoms with Gasteiger partial charge in [-0.3, -0.25) is 13.9 Å². The van der Waals surface area contributed by atoms with E-state index in [0.717, 1.165) is 11.9 Å². The summed E-state index contributed by atoms with van der Waals surface area (Å²) >= 11 is 0. The molecule has 5 aromatic rings. The van der Waals surface area contributed by atoms with Crippen molar-refractivity contribution in [1.82, 2.24) is 20.4 Å². The molecule has 0 aliphatic carbocycles. The van der Waals surface area contributed by atoms with E-state index in [2.05, 4.69) is 15.7 Å². The molecule has 10 nitrogen and oxygen atoms in total. The van der Waals surface area contributed by atoms with Crippen LogP contribution in [0.5, 0.6) is 0 Å². The molecular weight excluding hydrogens is 578 g/mol. The third-order valence-electron chi connectivity index (χ3n) is 7.04. The molecule has 0 bridgehead atoms. The molecule has 2 N–H and O–H groups in total. The fraction of sp³-hybridized carbons (Fsp3) is 0.242. The van der Waals surface area contributed by atoms with Gasteiger partial charge in [0.2, 0.25) is 10.0 Å². The number of sulfonamides is 1. The number of rotatable bonds is 8. The maximum atomic E-state index is 13.4. The van der Waals surface area contributed by atoms with Gasteiger partial charge in [0.05, 0.1) is 23.2 Å². The number of nitrogens with zero attached hydrogens (tertiary/aromatic N) is 3. The lowest BCUT2D eigenvalue weighted by atomic mass is 9.97. The van der Waals surface area contributed by atoms with Gasteiger partial charge in [-0.25, -0.2) is 13.1 Å². The largest absolute Gasteiger partial charge is 0.455 e. The number of hydrogen-bond acceptors (Lipinski definition) is 6. The normalized spacial score (nSPS) is 11.9. The van der Waals surface area contributed by atoms with Crippen molar-refractivity contribution in [2.24, 2.45) is 0 Å². The molecule has 0 unspecified atom stereocenters. The Bertz CT molecular complexity index is 1950. The molecule has 44 heavy (non-hydrogen) atoms. The maximum absolute atomic E-state index is 13.4. The van der Waals surface area contributed by atoms with Crippen molar-refractivity contribution >= 4 is 38.5 Å². The van der Waals surface area contributed by atoms with E-state index in [1.165, 1.54) is 4.31 Å². The number of carbonyl (C=O) groups excluding carboxylic acids is 2. The second kappa shape index (κ2) is 11.6. The number of anilines is 1. The van der Waals surface area contributed by atoms with Crippen LogP contribution in [0.15, 0.2) is 83.5 Å². The molecule has 228 valence electrons. The number of carbonyl (C=O) groups is 2. The van der Waals surface area contributed by atoms with Crippen molar-refractivity contribution in [2.75, 3.05) is 24.2 Å². The van der Waals surface area contributed by atoms with Gasteiger partial charge in [0.1, 0.15) is 11.3 Å². The molecule has 0 aliphatic rings. The Morgan fingerprint density at radius 3 is 2.30 bits per heavy atom. The molecule has 0 saturated carbocycles. The average molecular weight is 614 g/mol. The minimum absolute atomic E-state index is 0.159. The van der Waals surface area contributed by atoms with E-state index in [9.17, 15) is 18.0 Å². The number of benzene rings is 3. The summed E-state index contributed by atoms with van der Waals surface area (Å²) < 4.78 is 35.2. The second-order valence-corrected chi connectivity index (χ2v) is 13.4. The van der Waals surface area contributed by atoms with Gasteiger partial charge in [0.15, 0.2) is 0 Å².